The number of benzene rings is 1. The first kappa shape index (κ1) is 13.3. The summed E-state index contributed by atoms with van der Waals surface area (Å²) in [5, 5.41) is 19.2. The lowest BCUT2D eigenvalue weighted by atomic mass is 10.3. The minimum absolute atomic E-state index is 0. The van der Waals surface area contributed by atoms with E-state index >= 15 is 0 Å². The van der Waals surface area contributed by atoms with Gasteiger partial charge in [-0.15, -0.1) is 0 Å². The predicted molar refractivity (Wildman–Crippen MR) is 55.3 cm³/mol. The normalized spacial score (nSPS) is 11.3. The highest BCUT2D eigenvalue weighted by Crippen LogP contribution is 2.17. The summed E-state index contributed by atoms with van der Waals surface area (Å²) in [6.07, 6.45) is -0.551. The van der Waals surface area contributed by atoms with E-state index in [2.05, 4.69) is 0 Å². The van der Waals surface area contributed by atoms with Crippen molar-refractivity contribution in [2.24, 2.45) is 0 Å². The minimum atomic E-state index is -0.551. The van der Waals surface area contributed by atoms with E-state index in [0.29, 0.717) is 5.75 Å². The molecule has 6 nitrogen and oxygen atoms in total. The van der Waals surface area contributed by atoms with Crippen molar-refractivity contribution < 1.29 is 14.8 Å². The highest BCUT2D eigenvalue weighted by Gasteiger charge is 2.04. The van der Waals surface area contributed by atoms with Gasteiger partial charge in [0.05, 0.1) is 11.0 Å². The van der Waals surface area contributed by atoms with Crippen LogP contribution < -0.4 is 10.9 Å². The molecule has 0 aliphatic heterocycles. The maximum Gasteiger partial charge on any atom is 0.269 e. The number of nitro benzene ring substituents is 1. The molecule has 0 radical (unpaired) electrons. The summed E-state index contributed by atoms with van der Waals surface area (Å²) in [5.74, 6) is 0.511. The standard InChI is InChI=1S/C9H11NO4.H3N/c1-7(11)6-14-9-4-2-8(3-5-9)10(12)13;/h2-5,7,11H,6H2,1H3;1H3. The van der Waals surface area contributed by atoms with Crippen LogP contribution in [0.25, 0.3) is 0 Å². The van der Waals surface area contributed by atoms with Gasteiger partial charge in [-0.05, 0) is 19.1 Å². The molecule has 0 bridgehead atoms. The van der Waals surface area contributed by atoms with Crippen LogP contribution in [0.1, 0.15) is 6.92 Å². The van der Waals surface area contributed by atoms with Crippen molar-refractivity contribution >= 4 is 5.69 Å². The quantitative estimate of drug-likeness (QED) is 0.583. The van der Waals surface area contributed by atoms with E-state index in [1.165, 1.54) is 24.3 Å². The first-order chi connectivity index (χ1) is 6.59. The second-order valence-electron chi connectivity index (χ2n) is 2.91. The lowest BCUT2D eigenvalue weighted by Gasteiger charge is -2.06. The highest BCUT2D eigenvalue weighted by molar-refractivity contribution is 5.35. The van der Waals surface area contributed by atoms with Crippen molar-refractivity contribution in [2.45, 2.75) is 13.0 Å². The summed E-state index contributed by atoms with van der Waals surface area (Å²) in [4.78, 5) is 9.83. The Hall–Kier alpha value is -1.66. The van der Waals surface area contributed by atoms with Crippen molar-refractivity contribution in [1.29, 1.82) is 0 Å². The summed E-state index contributed by atoms with van der Waals surface area (Å²) < 4.78 is 5.13. The fraction of sp³-hybridized carbons (Fsp3) is 0.333. The summed E-state index contributed by atoms with van der Waals surface area (Å²) in [7, 11) is 0. The fourth-order valence-electron chi connectivity index (χ4n) is 0.881. The molecule has 0 aliphatic rings. The Morgan fingerprint density at radius 1 is 1.47 bits per heavy atom. The average Bonchev–Trinajstić information content (AvgIpc) is 2.15. The van der Waals surface area contributed by atoms with E-state index in [-0.39, 0.29) is 18.4 Å². The number of aliphatic hydroxyl groups is 1. The van der Waals surface area contributed by atoms with Crippen molar-refractivity contribution in [3.05, 3.63) is 34.4 Å². The molecule has 15 heavy (non-hydrogen) atoms. The van der Waals surface area contributed by atoms with Crippen LogP contribution in [-0.4, -0.2) is 22.7 Å². The van der Waals surface area contributed by atoms with Crippen molar-refractivity contribution in [2.75, 3.05) is 6.61 Å². The Balaban J connectivity index is 0.00000196. The zero-order valence-corrected chi connectivity index (χ0v) is 8.42. The summed E-state index contributed by atoms with van der Waals surface area (Å²) in [6, 6.07) is 5.72. The van der Waals surface area contributed by atoms with Crippen LogP contribution in [0.15, 0.2) is 24.3 Å². The lowest BCUT2D eigenvalue weighted by Crippen LogP contribution is -2.12. The van der Waals surface area contributed by atoms with Crippen molar-refractivity contribution in [3.63, 3.8) is 0 Å². The first-order valence-corrected chi connectivity index (χ1v) is 4.15. The maximum absolute atomic E-state index is 10.3. The molecule has 0 aliphatic carbocycles. The van der Waals surface area contributed by atoms with Crippen LogP contribution in [0, 0.1) is 10.1 Å². The Kier molecular flexibility index (Phi) is 5.29. The van der Waals surface area contributed by atoms with Crippen molar-refractivity contribution in [1.82, 2.24) is 6.15 Å². The molecule has 0 saturated heterocycles. The van der Waals surface area contributed by atoms with Crippen LogP contribution in [0.4, 0.5) is 5.69 Å². The van der Waals surface area contributed by atoms with E-state index in [0.717, 1.165) is 0 Å². The number of nitro groups is 1. The van der Waals surface area contributed by atoms with Gasteiger partial charge in [0.25, 0.3) is 5.69 Å². The summed E-state index contributed by atoms with van der Waals surface area (Å²) in [5.41, 5.74) is 0.0226. The lowest BCUT2D eigenvalue weighted by molar-refractivity contribution is -0.384. The fourth-order valence-corrected chi connectivity index (χ4v) is 0.881. The molecule has 1 aromatic carbocycles. The molecule has 0 amide bonds. The third kappa shape index (κ3) is 4.39. The first-order valence-electron chi connectivity index (χ1n) is 4.15. The molecule has 1 atom stereocenters. The molecule has 1 unspecified atom stereocenters. The maximum atomic E-state index is 10.3. The van der Waals surface area contributed by atoms with Gasteiger partial charge in [0.1, 0.15) is 12.4 Å². The van der Waals surface area contributed by atoms with Gasteiger partial charge in [0, 0.05) is 12.1 Å². The zero-order valence-electron chi connectivity index (χ0n) is 8.42. The van der Waals surface area contributed by atoms with Gasteiger partial charge in [-0.1, -0.05) is 0 Å². The van der Waals surface area contributed by atoms with Crippen LogP contribution in [0.2, 0.25) is 0 Å². The molecule has 0 saturated carbocycles. The average molecular weight is 214 g/mol. The molecule has 4 N–H and O–H groups in total. The molecule has 0 spiro atoms. The Labute approximate surface area is 87.2 Å². The van der Waals surface area contributed by atoms with Gasteiger partial charge in [-0.2, -0.15) is 0 Å². The molecule has 1 rings (SSSR count). The third-order valence-corrected chi connectivity index (χ3v) is 1.54. The summed E-state index contributed by atoms with van der Waals surface area (Å²) in [6.45, 7) is 1.78. The van der Waals surface area contributed by atoms with Crippen LogP contribution in [0.3, 0.4) is 0 Å². The monoisotopic (exact) mass is 214 g/mol. The van der Waals surface area contributed by atoms with Crippen LogP contribution in [0.5, 0.6) is 5.75 Å². The van der Waals surface area contributed by atoms with Crippen LogP contribution in [-0.2, 0) is 0 Å². The van der Waals surface area contributed by atoms with Gasteiger partial charge in [0.15, 0.2) is 0 Å². The number of rotatable bonds is 4. The van der Waals surface area contributed by atoms with E-state index < -0.39 is 11.0 Å². The molecule has 6 heteroatoms. The third-order valence-electron chi connectivity index (χ3n) is 1.54. The van der Waals surface area contributed by atoms with E-state index in [1.54, 1.807) is 6.92 Å². The number of ether oxygens (including phenoxy) is 1. The molecule has 84 valence electrons. The number of hydrogen-bond donors (Lipinski definition) is 2. The molecule has 1 aromatic rings. The van der Waals surface area contributed by atoms with E-state index in [1.807, 2.05) is 0 Å². The summed E-state index contributed by atoms with van der Waals surface area (Å²) >= 11 is 0. The highest BCUT2D eigenvalue weighted by atomic mass is 16.6. The molecular formula is C9H14N2O4. The van der Waals surface area contributed by atoms with Gasteiger partial charge >= 0.3 is 0 Å². The second-order valence-corrected chi connectivity index (χ2v) is 2.91. The van der Waals surface area contributed by atoms with E-state index in [9.17, 15) is 10.1 Å². The van der Waals surface area contributed by atoms with Gasteiger partial charge in [-0.25, -0.2) is 0 Å². The van der Waals surface area contributed by atoms with E-state index in [4.69, 9.17) is 9.84 Å². The molecule has 0 fully saturated rings. The number of nitrogens with zero attached hydrogens (tertiary/aromatic N) is 1. The zero-order chi connectivity index (χ0) is 10.6. The smallest absolute Gasteiger partial charge is 0.269 e. The number of aliphatic hydroxyl groups excluding tert-OH is 1. The molecule has 0 aromatic heterocycles. The SMILES string of the molecule is CC(O)COc1ccc([N+](=O)[O-])cc1.N. The second kappa shape index (κ2) is 5.94. The predicted octanol–water partition coefficient (Wildman–Crippen LogP) is 1.52. The Morgan fingerprint density at radius 3 is 2.40 bits per heavy atom. The van der Waals surface area contributed by atoms with Crippen LogP contribution >= 0.6 is 0 Å². The number of non-ortho nitro benzene ring substituents is 1. The van der Waals surface area contributed by atoms with Gasteiger partial charge in [-0.3, -0.25) is 10.1 Å². The largest absolute Gasteiger partial charge is 0.491 e. The molecule has 0 heterocycles. The van der Waals surface area contributed by atoms with Gasteiger partial charge in [0.2, 0.25) is 0 Å². The molecular weight excluding hydrogens is 200 g/mol. The van der Waals surface area contributed by atoms with Crippen molar-refractivity contribution in [3.8, 4) is 5.75 Å². The number of hydrogen-bond acceptors (Lipinski definition) is 5. The Morgan fingerprint density at radius 2 is 2.00 bits per heavy atom. The van der Waals surface area contributed by atoms with Gasteiger partial charge < -0.3 is 16.0 Å². The minimum Gasteiger partial charge on any atom is -0.491 e. The Bertz CT molecular complexity index is 310. The topological polar surface area (TPSA) is 108 Å².